The van der Waals surface area contributed by atoms with Crippen molar-refractivity contribution in [1.82, 2.24) is 4.57 Å². The molecule has 0 saturated heterocycles. The zero-order valence-electron chi connectivity index (χ0n) is 21.8. The number of aryl methyl sites for hydroxylation is 1. The third-order valence-corrected chi connectivity index (χ3v) is 9.61. The van der Waals surface area contributed by atoms with Gasteiger partial charge >= 0.3 is 5.97 Å². The van der Waals surface area contributed by atoms with Crippen LogP contribution in [0.3, 0.4) is 0 Å². The van der Waals surface area contributed by atoms with Crippen LogP contribution in [0.1, 0.15) is 34.1 Å². The van der Waals surface area contributed by atoms with Crippen LogP contribution in [-0.2, 0) is 48.3 Å². The number of esters is 1. The van der Waals surface area contributed by atoms with E-state index in [0.29, 0.717) is 30.1 Å². The first-order valence-electron chi connectivity index (χ1n) is 12.2. The molecule has 0 fully saturated rings. The van der Waals surface area contributed by atoms with Crippen LogP contribution in [0.4, 0.5) is 5.00 Å². The van der Waals surface area contributed by atoms with Crippen molar-refractivity contribution in [3.8, 4) is 5.75 Å². The summed E-state index contributed by atoms with van der Waals surface area (Å²) in [6, 6.07) is 5.41. The van der Waals surface area contributed by atoms with Gasteiger partial charge in [-0.15, -0.1) is 11.3 Å². The van der Waals surface area contributed by atoms with Crippen LogP contribution in [0.15, 0.2) is 23.2 Å². The predicted octanol–water partition coefficient (Wildman–Crippen LogP) is 2.57. The number of methoxy groups -OCH3 is 2. The van der Waals surface area contributed by atoms with Gasteiger partial charge in [0.25, 0.3) is 5.91 Å². The Bertz CT molecular complexity index is 1580. The number of anilines is 1. The lowest BCUT2D eigenvalue weighted by Crippen LogP contribution is -2.28. The standard InChI is InChI=1S/C25H29N3O8S3/c1-4-36-24(31)22-16-6-5-7-18(16)37-23(22)26-20(29)13-39(32,33)14-21(30)27-25-28(10-11-34-2)17-9-8-15(35-3)12-19(17)38-25/h8-9,12H,4-7,10-11,13-14H2,1-3H3,(H,26,29). The summed E-state index contributed by atoms with van der Waals surface area (Å²) < 4.78 is 43.6. The van der Waals surface area contributed by atoms with E-state index in [4.69, 9.17) is 14.2 Å². The van der Waals surface area contributed by atoms with Crippen molar-refractivity contribution in [2.75, 3.05) is 44.3 Å². The highest BCUT2D eigenvalue weighted by Gasteiger charge is 2.29. The monoisotopic (exact) mass is 595 g/mol. The number of thiophene rings is 1. The summed E-state index contributed by atoms with van der Waals surface area (Å²) in [7, 11) is -1.04. The summed E-state index contributed by atoms with van der Waals surface area (Å²) >= 11 is 2.47. The van der Waals surface area contributed by atoms with Gasteiger partial charge < -0.3 is 24.1 Å². The van der Waals surface area contributed by atoms with Crippen LogP contribution in [0.5, 0.6) is 5.75 Å². The number of carbonyl (C=O) groups excluding carboxylic acids is 3. The predicted molar refractivity (Wildman–Crippen MR) is 148 cm³/mol. The number of nitrogens with zero attached hydrogens (tertiary/aromatic N) is 2. The molecule has 0 aliphatic heterocycles. The molecule has 4 rings (SSSR count). The molecule has 0 spiro atoms. The Hall–Kier alpha value is -3.07. The minimum absolute atomic E-state index is 0.176. The van der Waals surface area contributed by atoms with Crippen molar-refractivity contribution < 1.29 is 37.0 Å². The summed E-state index contributed by atoms with van der Waals surface area (Å²) in [6.45, 7) is 2.62. The van der Waals surface area contributed by atoms with Crippen molar-refractivity contribution in [2.45, 2.75) is 32.7 Å². The van der Waals surface area contributed by atoms with Gasteiger partial charge in [-0.05, 0) is 49.9 Å². The fraction of sp³-hybridized carbons (Fsp3) is 0.440. The summed E-state index contributed by atoms with van der Waals surface area (Å²) in [5.41, 5.74) is 1.92. The van der Waals surface area contributed by atoms with Crippen molar-refractivity contribution in [1.29, 1.82) is 0 Å². The molecular formula is C25H29N3O8S3. The molecule has 0 unspecified atom stereocenters. The molecule has 1 aliphatic carbocycles. The van der Waals surface area contributed by atoms with E-state index >= 15 is 0 Å². The number of benzene rings is 1. The quantitative estimate of drug-likeness (QED) is 0.334. The molecular weight excluding hydrogens is 566 g/mol. The molecule has 39 heavy (non-hydrogen) atoms. The molecule has 2 heterocycles. The lowest BCUT2D eigenvalue weighted by atomic mass is 10.1. The maximum Gasteiger partial charge on any atom is 0.341 e. The van der Waals surface area contributed by atoms with Crippen LogP contribution >= 0.6 is 22.7 Å². The molecule has 1 aromatic carbocycles. The first-order chi connectivity index (χ1) is 18.7. The number of hydrogen-bond acceptors (Lipinski definition) is 10. The molecule has 0 saturated carbocycles. The molecule has 11 nitrogen and oxygen atoms in total. The van der Waals surface area contributed by atoms with Crippen molar-refractivity contribution >= 4 is 65.5 Å². The summed E-state index contributed by atoms with van der Waals surface area (Å²) in [5, 5.41) is 2.82. The van der Waals surface area contributed by atoms with Gasteiger partial charge in [0.1, 0.15) is 22.3 Å². The number of hydrogen-bond donors (Lipinski definition) is 1. The molecule has 3 aromatic rings. The number of fused-ring (bicyclic) bond motifs is 2. The number of rotatable bonds is 11. The fourth-order valence-corrected chi connectivity index (χ4v) is 7.73. The van der Waals surface area contributed by atoms with Crippen LogP contribution in [0.25, 0.3) is 10.2 Å². The van der Waals surface area contributed by atoms with E-state index in [0.717, 1.165) is 33.5 Å². The van der Waals surface area contributed by atoms with Crippen molar-refractivity contribution in [3.05, 3.63) is 39.0 Å². The van der Waals surface area contributed by atoms with E-state index in [-0.39, 0.29) is 17.2 Å². The van der Waals surface area contributed by atoms with Gasteiger partial charge in [0.05, 0.1) is 36.1 Å². The number of carbonyl (C=O) groups is 3. The second-order valence-corrected chi connectivity index (χ2v) is 12.9. The lowest BCUT2D eigenvalue weighted by molar-refractivity contribution is -0.115. The minimum Gasteiger partial charge on any atom is -0.497 e. The van der Waals surface area contributed by atoms with E-state index in [1.54, 1.807) is 37.8 Å². The topological polar surface area (TPSA) is 142 Å². The number of sulfone groups is 1. The van der Waals surface area contributed by atoms with Gasteiger partial charge in [0.2, 0.25) is 5.91 Å². The van der Waals surface area contributed by atoms with Crippen LogP contribution in [0.2, 0.25) is 0 Å². The highest BCUT2D eigenvalue weighted by molar-refractivity contribution is 7.92. The van der Waals surface area contributed by atoms with Gasteiger partial charge in [-0.1, -0.05) is 11.3 Å². The van der Waals surface area contributed by atoms with Crippen molar-refractivity contribution in [2.24, 2.45) is 4.99 Å². The minimum atomic E-state index is -4.15. The Morgan fingerprint density at radius 1 is 1.13 bits per heavy atom. The Labute approximate surface area is 233 Å². The first kappa shape index (κ1) is 28.9. The average molecular weight is 596 g/mol. The summed E-state index contributed by atoms with van der Waals surface area (Å²) in [6.07, 6.45) is 2.38. The molecule has 0 bridgehead atoms. The van der Waals surface area contributed by atoms with Gasteiger partial charge in [-0.2, -0.15) is 4.99 Å². The maximum absolute atomic E-state index is 12.7. The number of ether oxygens (including phenoxy) is 3. The smallest absolute Gasteiger partial charge is 0.341 e. The van der Waals surface area contributed by atoms with E-state index in [9.17, 15) is 22.8 Å². The van der Waals surface area contributed by atoms with Crippen molar-refractivity contribution in [3.63, 3.8) is 0 Å². The molecule has 2 aromatic heterocycles. The highest BCUT2D eigenvalue weighted by Crippen LogP contribution is 2.39. The number of nitrogens with one attached hydrogen (secondary N) is 1. The van der Waals surface area contributed by atoms with Gasteiger partial charge in [0.15, 0.2) is 14.6 Å². The van der Waals surface area contributed by atoms with Crippen LogP contribution in [-0.4, -0.2) is 69.7 Å². The molecule has 1 N–H and O–H groups in total. The maximum atomic E-state index is 12.7. The molecule has 0 radical (unpaired) electrons. The zero-order chi connectivity index (χ0) is 28.2. The third-order valence-electron chi connectivity index (χ3n) is 5.98. The molecule has 1 aliphatic rings. The molecule has 2 amide bonds. The second-order valence-electron chi connectivity index (χ2n) is 8.73. The third kappa shape index (κ3) is 6.75. The first-order valence-corrected chi connectivity index (χ1v) is 15.7. The van der Waals surface area contributed by atoms with Gasteiger partial charge in [-0.25, -0.2) is 13.2 Å². The lowest BCUT2D eigenvalue weighted by Gasteiger charge is -2.08. The van der Waals surface area contributed by atoms with E-state index in [1.807, 2.05) is 6.07 Å². The molecule has 210 valence electrons. The second kappa shape index (κ2) is 12.4. The van der Waals surface area contributed by atoms with E-state index < -0.39 is 39.1 Å². The molecule has 14 heteroatoms. The largest absolute Gasteiger partial charge is 0.497 e. The summed E-state index contributed by atoms with van der Waals surface area (Å²) in [4.78, 5) is 43.2. The molecule has 0 atom stereocenters. The SMILES string of the molecule is CCOC(=O)c1c(NC(=O)CS(=O)(=O)CC(=O)N=c2sc3cc(OC)ccc3n2CCOC)sc2c1CCC2. The van der Waals surface area contributed by atoms with Gasteiger partial charge in [-0.3, -0.25) is 9.59 Å². The Morgan fingerprint density at radius 3 is 2.64 bits per heavy atom. The van der Waals surface area contributed by atoms with Gasteiger partial charge in [0, 0.05) is 18.5 Å². The Morgan fingerprint density at radius 2 is 1.92 bits per heavy atom. The zero-order valence-corrected chi connectivity index (χ0v) is 24.2. The fourth-order valence-electron chi connectivity index (χ4n) is 4.32. The number of aromatic nitrogens is 1. The summed E-state index contributed by atoms with van der Waals surface area (Å²) in [5.74, 6) is -3.50. The Balaban J connectivity index is 1.50. The normalized spacial score (nSPS) is 13.5. The Kier molecular flexibility index (Phi) is 9.20. The van der Waals surface area contributed by atoms with Crippen LogP contribution < -0.4 is 14.9 Å². The van der Waals surface area contributed by atoms with Crippen LogP contribution in [0, 0.1) is 0 Å². The average Bonchev–Trinajstić information content (AvgIpc) is 3.54. The number of thiazole rings is 1. The van der Waals surface area contributed by atoms with E-state index in [2.05, 4.69) is 10.3 Å². The highest BCUT2D eigenvalue weighted by atomic mass is 32.2. The number of amides is 2. The van der Waals surface area contributed by atoms with E-state index in [1.165, 1.54) is 22.7 Å².